The third-order valence-corrected chi connectivity index (χ3v) is 6.51. The number of amides is 2. The molecule has 0 aromatic heterocycles. The van der Waals surface area contributed by atoms with E-state index < -0.39 is 11.9 Å². The Kier molecular flexibility index (Phi) is 4.77. The van der Waals surface area contributed by atoms with Crippen LogP contribution < -0.4 is 10.6 Å². The van der Waals surface area contributed by atoms with E-state index in [4.69, 9.17) is 9.47 Å². The lowest BCUT2D eigenvalue weighted by Crippen LogP contribution is -2.60. The Hall–Kier alpha value is -2.57. The number of benzene rings is 1. The number of methoxy groups -OCH3 is 2. The minimum Gasteiger partial charge on any atom is -0.465 e. The molecule has 0 saturated heterocycles. The Balaban J connectivity index is 1.53. The molecule has 5 rings (SSSR count). The van der Waals surface area contributed by atoms with Crippen LogP contribution in [0.5, 0.6) is 0 Å². The molecule has 0 aliphatic heterocycles. The number of rotatable bonds is 4. The minimum absolute atomic E-state index is 0.149. The molecule has 0 heterocycles. The predicted octanol–water partition coefficient (Wildman–Crippen LogP) is 3.35. The molecule has 2 N–H and O–H groups in total. The van der Waals surface area contributed by atoms with E-state index in [1.54, 1.807) is 0 Å². The molecule has 0 radical (unpaired) electrons. The van der Waals surface area contributed by atoms with Gasteiger partial charge in [-0.25, -0.2) is 14.4 Å². The molecule has 28 heavy (non-hydrogen) atoms. The number of carbonyl (C=O) groups excluding carboxylic acids is 3. The molecule has 4 aliphatic rings. The van der Waals surface area contributed by atoms with Crippen LogP contribution in [-0.2, 0) is 9.47 Å². The van der Waals surface area contributed by atoms with Crippen molar-refractivity contribution in [1.29, 1.82) is 0 Å². The summed E-state index contributed by atoms with van der Waals surface area (Å²) in [7, 11) is 2.55. The Bertz CT molecular complexity index is 784. The van der Waals surface area contributed by atoms with Gasteiger partial charge in [0, 0.05) is 5.54 Å². The lowest BCUT2D eigenvalue weighted by molar-refractivity contribution is -0.0127. The van der Waals surface area contributed by atoms with Gasteiger partial charge in [-0.3, -0.25) is 0 Å². The summed E-state index contributed by atoms with van der Waals surface area (Å²) in [5.74, 6) is 1.00. The van der Waals surface area contributed by atoms with E-state index in [0.717, 1.165) is 19.3 Å². The molecule has 150 valence electrons. The van der Waals surface area contributed by atoms with Crippen molar-refractivity contribution in [3.05, 3.63) is 29.3 Å². The number of hydrogen-bond donors (Lipinski definition) is 2. The second kappa shape index (κ2) is 7.11. The van der Waals surface area contributed by atoms with Crippen molar-refractivity contribution in [2.75, 3.05) is 19.5 Å². The van der Waals surface area contributed by atoms with Crippen molar-refractivity contribution in [2.45, 2.75) is 44.1 Å². The van der Waals surface area contributed by atoms with Gasteiger partial charge in [-0.05, 0) is 74.5 Å². The molecule has 4 aliphatic carbocycles. The van der Waals surface area contributed by atoms with Crippen LogP contribution >= 0.6 is 0 Å². The lowest BCUT2D eigenvalue weighted by atomic mass is 9.53. The summed E-state index contributed by atoms with van der Waals surface area (Å²) in [5.41, 5.74) is 0.526. The number of hydrogen-bond acceptors (Lipinski definition) is 5. The molecule has 7 nitrogen and oxygen atoms in total. The number of nitrogens with one attached hydrogen (secondary N) is 2. The normalized spacial score (nSPS) is 29.9. The first-order valence-electron chi connectivity index (χ1n) is 9.81. The first-order chi connectivity index (χ1) is 13.4. The van der Waals surface area contributed by atoms with Crippen LogP contribution in [0, 0.1) is 17.8 Å². The van der Waals surface area contributed by atoms with E-state index in [-0.39, 0.29) is 28.4 Å². The van der Waals surface area contributed by atoms with Crippen LogP contribution in [0.2, 0.25) is 0 Å². The third-order valence-electron chi connectivity index (χ3n) is 6.51. The second-order valence-electron chi connectivity index (χ2n) is 8.52. The van der Waals surface area contributed by atoms with Crippen molar-refractivity contribution < 1.29 is 23.9 Å². The SMILES string of the molecule is COC(=O)c1ccc(C(=O)OC)c(NC(=O)NC23CC4CC(CC(C4)C2)C3)c1. The zero-order chi connectivity index (χ0) is 19.9. The molecule has 0 spiro atoms. The van der Waals surface area contributed by atoms with Crippen molar-refractivity contribution in [3.8, 4) is 0 Å². The fourth-order valence-corrected chi connectivity index (χ4v) is 5.84. The third kappa shape index (κ3) is 3.45. The number of urea groups is 1. The average molecular weight is 386 g/mol. The Morgan fingerprint density at radius 1 is 0.929 bits per heavy atom. The Morgan fingerprint density at radius 3 is 2.04 bits per heavy atom. The van der Waals surface area contributed by atoms with E-state index in [9.17, 15) is 14.4 Å². The van der Waals surface area contributed by atoms with Crippen molar-refractivity contribution in [3.63, 3.8) is 0 Å². The highest BCUT2D eigenvalue weighted by Gasteiger charge is 2.51. The van der Waals surface area contributed by atoms with Gasteiger partial charge in [0.1, 0.15) is 0 Å². The number of anilines is 1. The van der Waals surface area contributed by atoms with Crippen molar-refractivity contribution >= 4 is 23.7 Å². The maximum atomic E-state index is 12.8. The minimum atomic E-state index is -0.582. The fourth-order valence-electron chi connectivity index (χ4n) is 5.84. The Morgan fingerprint density at radius 2 is 1.50 bits per heavy atom. The molecule has 1 aromatic rings. The van der Waals surface area contributed by atoms with Gasteiger partial charge in [0.2, 0.25) is 0 Å². The summed E-state index contributed by atoms with van der Waals surface area (Å²) in [6.45, 7) is 0. The van der Waals surface area contributed by atoms with Gasteiger partial charge in [0.05, 0.1) is 31.0 Å². The fraction of sp³-hybridized carbons (Fsp3) is 0.571. The summed E-state index contributed by atoms with van der Waals surface area (Å²) >= 11 is 0. The highest BCUT2D eigenvalue weighted by molar-refractivity contribution is 6.03. The summed E-state index contributed by atoms with van der Waals surface area (Å²) in [6, 6.07) is 4.02. The predicted molar refractivity (Wildman–Crippen MR) is 102 cm³/mol. The largest absolute Gasteiger partial charge is 0.465 e. The number of esters is 2. The van der Waals surface area contributed by atoms with Gasteiger partial charge in [-0.2, -0.15) is 0 Å². The monoisotopic (exact) mass is 386 g/mol. The van der Waals surface area contributed by atoms with Crippen molar-refractivity contribution in [2.24, 2.45) is 17.8 Å². The molecule has 4 bridgehead atoms. The highest BCUT2D eigenvalue weighted by Crippen LogP contribution is 2.55. The van der Waals surface area contributed by atoms with E-state index in [2.05, 4.69) is 10.6 Å². The molecular weight excluding hydrogens is 360 g/mol. The molecule has 2 amide bonds. The maximum Gasteiger partial charge on any atom is 0.339 e. The Labute approximate surface area is 164 Å². The van der Waals surface area contributed by atoms with Gasteiger partial charge in [-0.1, -0.05) is 0 Å². The smallest absolute Gasteiger partial charge is 0.339 e. The van der Waals surface area contributed by atoms with Gasteiger partial charge >= 0.3 is 18.0 Å². The van der Waals surface area contributed by atoms with Gasteiger partial charge in [0.15, 0.2) is 0 Å². The van der Waals surface area contributed by atoms with E-state index in [1.807, 2.05) is 0 Å². The molecule has 0 unspecified atom stereocenters. The summed E-state index contributed by atoms with van der Waals surface area (Å²) in [4.78, 5) is 36.7. The van der Waals surface area contributed by atoms with Crippen LogP contribution in [0.4, 0.5) is 10.5 Å². The van der Waals surface area contributed by atoms with E-state index in [0.29, 0.717) is 17.8 Å². The molecular formula is C21H26N2O5. The number of carbonyl (C=O) groups is 3. The molecule has 4 saturated carbocycles. The van der Waals surface area contributed by atoms with Gasteiger partial charge in [-0.15, -0.1) is 0 Å². The van der Waals surface area contributed by atoms with Crippen molar-refractivity contribution in [1.82, 2.24) is 5.32 Å². The highest BCUT2D eigenvalue weighted by atomic mass is 16.5. The van der Waals surface area contributed by atoms with E-state index in [1.165, 1.54) is 51.7 Å². The summed E-state index contributed by atoms with van der Waals surface area (Å²) < 4.78 is 9.52. The van der Waals surface area contributed by atoms with E-state index >= 15 is 0 Å². The molecule has 0 atom stereocenters. The second-order valence-corrected chi connectivity index (χ2v) is 8.52. The van der Waals surface area contributed by atoms with Crippen LogP contribution in [-0.4, -0.2) is 37.7 Å². The van der Waals surface area contributed by atoms with Crippen LogP contribution in [0.15, 0.2) is 18.2 Å². The summed E-state index contributed by atoms with van der Waals surface area (Å²) in [6.07, 6.45) is 6.94. The maximum absolute atomic E-state index is 12.8. The molecule has 4 fully saturated rings. The first kappa shape index (κ1) is 18.8. The zero-order valence-corrected chi connectivity index (χ0v) is 16.2. The zero-order valence-electron chi connectivity index (χ0n) is 16.2. The number of ether oxygens (including phenoxy) is 2. The van der Waals surface area contributed by atoms with Gasteiger partial charge < -0.3 is 20.1 Å². The van der Waals surface area contributed by atoms with Crippen LogP contribution in [0.3, 0.4) is 0 Å². The molecule has 1 aromatic carbocycles. The quantitative estimate of drug-likeness (QED) is 0.774. The van der Waals surface area contributed by atoms with Crippen LogP contribution in [0.1, 0.15) is 59.2 Å². The first-order valence-corrected chi connectivity index (χ1v) is 9.81. The summed E-state index contributed by atoms with van der Waals surface area (Å²) in [5, 5.41) is 5.96. The van der Waals surface area contributed by atoms with Crippen LogP contribution in [0.25, 0.3) is 0 Å². The lowest BCUT2D eigenvalue weighted by Gasteiger charge is -2.56. The van der Waals surface area contributed by atoms with Gasteiger partial charge in [0.25, 0.3) is 0 Å². The average Bonchev–Trinajstić information content (AvgIpc) is 2.65. The topological polar surface area (TPSA) is 93.7 Å². The molecule has 7 heteroatoms. The standard InChI is InChI=1S/C21H26N2O5/c1-27-18(24)15-3-4-16(19(25)28-2)17(8-15)22-20(26)23-21-9-12-5-13(10-21)7-14(6-12)11-21/h3-4,8,12-14H,5-7,9-11H2,1-2H3,(H2,22,23,26).